The van der Waals surface area contributed by atoms with Crippen LogP contribution in [0.15, 0.2) is 28.9 Å². The van der Waals surface area contributed by atoms with E-state index in [1.807, 2.05) is 13.8 Å². The fourth-order valence-electron chi connectivity index (χ4n) is 1.68. The predicted octanol–water partition coefficient (Wildman–Crippen LogP) is 3.28. The van der Waals surface area contributed by atoms with Crippen LogP contribution in [0.4, 0.5) is 10.2 Å². The summed E-state index contributed by atoms with van der Waals surface area (Å²) in [7, 11) is 0. The maximum atomic E-state index is 13.2. The van der Waals surface area contributed by atoms with Crippen LogP contribution in [-0.4, -0.2) is 9.78 Å². The molecule has 3 nitrogen and oxygen atoms in total. The number of aromatic nitrogens is 2. The van der Waals surface area contributed by atoms with Gasteiger partial charge in [0, 0.05) is 5.56 Å². The second-order valence-corrected chi connectivity index (χ2v) is 4.86. The van der Waals surface area contributed by atoms with Gasteiger partial charge in [-0.15, -0.1) is 0 Å². The standard InChI is InChI=1S/C12H13BrFN3/c1-7-6-16-17(12(7)15)8(2)9-3-4-11(14)10(13)5-9/h3-6,8H,15H2,1-2H3. The Labute approximate surface area is 108 Å². The molecule has 1 unspecified atom stereocenters. The van der Waals surface area contributed by atoms with Crippen LogP contribution < -0.4 is 5.73 Å². The number of anilines is 1. The third-order valence-corrected chi connectivity index (χ3v) is 3.43. The zero-order chi connectivity index (χ0) is 12.6. The molecule has 0 fully saturated rings. The van der Waals surface area contributed by atoms with Crippen LogP contribution in [0.25, 0.3) is 0 Å². The highest BCUT2D eigenvalue weighted by Crippen LogP contribution is 2.25. The molecule has 1 atom stereocenters. The Morgan fingerprint density at radius 2 is 2.18 bits per heavy atom. The molecule has 0 spiro atoms. The number of nitrogen functional groups attached to an aromatic ring is 1. The summed E-state index contributed by atoms with van der Waals surface area (Å²) in [5.41, 5.74) is 7.82. The van der Waals surface area contributed by atoms with Crippen LogP contribution in [0.2, 0.25) is 0 Å². The molecular weight excluding hydrogens is 285 g/mol. The van der Waals surface area contributed by atoms with Gasteiger partial charge in [0.2, 0.25) is 0 Å². The molecule has 0 aliphatic heterocycles. The lowest BCUT2D eigenvalue weighted by atomic mass is 10.1. The molecule has 0 aliphatic rings. The summed E-state index contributed by atoms with van der Waals surface area (Å²) in [4.78, 5) is 0. The van der Waals surface area contributed by atoms with Crippen LogP contribution in [0.1, 0.15) is 24.1 Å². The highest BCUT2D eigenvalue weighted by Gasteiger charge is 2.14. The minimum atomic E-state index is -0.273. The van der Waals surface area contributed by atoms with Gasteiger partial charge in [-0.05, 0) is 47.5 Å². The first-order chi connectivity index (χ1) is 8.00. The first-order valence-corrected chi connectivity index (χ1v) is 6.04. The quantitative estimate of drug-likeness (QED) is 0.924. The molecule has 1 aromatic carbocycles. The molecule has 0 bridgehead atoms. The highest BCUT2D eigenvalue weighted by atomic mass is 79.9. The summed E-state index contributed by atoms with van der Waals surface area (Å²) in [6.45, 7) is 3.88. The lowest BCUT2D eigenvalue weighted by Crippen LogP contribution is -2.11. The molecule has 0 saturated carbocycles. The molecular formula is C12H13BrFN3. The van der Waals surface area contributed by atoms with Crippen molar-refractivity contribution in [2.75, 3.05) is 5.73 Å². The molecule has 0 aliphatic carbocycles. The van der Waals surface area contributed by atoms with Crippen molar-refractivity contribution >= 4 is 21.7 Å². The number of aryl methyl sites for hydroxylation is 1. The Bertz CT molecular complexity index is 551. The van der Waals surface area contributed by atoms with E-state index in [0.717, 1.165) is 11.1 Å². The molecule has 2 aromatic rings. The molecule has 90 valence electrons. The summed E-state index contributed by atoms with van der Waals surface area (Å²) < 4.78 is 15.3. The van der Waals surface area contributed by atoms with E-state index < -0.39 is 0 Å². The van der Waals surface area contributed by atoms with Crippen molar-refractivity contribution in [2.24, 2.45) is 0 Å². The molecule has 1 aromatic heterocycles. The molecule has 0 amide bonds. The van der Waals surface area contributed by atoms with Crippen LogP contribution in [0, 0.1) is 12.7 Å². The third kappa shape index (κ3) is 2.20. The molecule has 17 heavy (non-hydrogen) atoms. The fourth-order valence-corrected chi connectivity index (χ4v) is 2.08. The summed E-state index contributed by atoms with van der Waals surface area (Å²) >= 11 is 3.17. The van der Waals surface area contributed by atoms with Crippen LogP contribution in [-0.2, 0) is 0 Å². The molecule has 2 rings (SSSR count). The predicted molar refractivity (Wildman–Crippen MR) is 69.3 cm³/mol. The number of hydrogen-bond donors (Lipinski definition) is 1. The molecule has 0 radical (unpaired) electrons. The lowest BCUT2D eigenvalue weighted by Gasteiger charge is -2.15. The lowest BCUT2D eigenvalue weighted by molar-refractivity contribution is 0.568. The van der Waals surface area contributed by atoms with Crippen molar-refractivity contribution in [3.8, 4) is 0 Å². The second kappa shape index (κ2) is 4.49. The van der Waals surface area contributed by atoms with E-state index in [1.54, 1.807) is 23.0 Å². The van der Waals surface area contributed by atoms with E-state index in [4.69, 9.17) is 5.73 Å². The third-order valence-electron chi connectivity index (χ3n) is 2.82. The SMILES string of the molecule is Cc1cnn(C(C)c2ccc(F)c(Br)c2)c1N. The van der Waals surface area contributed by atoms with Crippen molar-refractivity contribution in [3.63, 3.8) is 0 Å². The fraction of sp³-hybridized carbons (Fsp3) is 0.250. The average molecular weight is 298 g/mol. The van der Waals surface area contributed by atoms with Gasteiger partial charge >= 0.3 is 0 Å². The minimum absolute atomic E-state index is 0.0272. The first kappa shape index (κ1) is 12.1. The number of nitrogens with zero attached hydrogens (tertiary/aromatic N) is 2. The Kier molecular flexibility index (Phi) is 3.19. The van der Waals surface area contributed by atoms with E-state index >= 15 is 0 Å². The van der Waals surface area contributed by atoms with Crippen molar-refractivity contribution in [1.82, 2.24) is 9.78 Å². The monoisotopic (exact) mass is 297 g/mol. The highest BCUT2D eigenvalue weighted by molar-refractivity contribution is 9.10. The topological polar surface area (TPSA) is 43.8 Å². The molecule has 2 N–H and O–H groups in total. The largest absolute Gasteiger partial charge is 0.384 e. The van der Waals surface area contributed by atoms with Crippen LogP contribution >= 0.6 is 15.9 Å². The van der Waals surface area contributed by atoms with E-state index in [0.29, 0.717) is 10.3 Å². The van der Waals surface area contributed by atoms with Crippen molar-refractivity contribution < 1.29 is 4.39 Å². The summed E-state index contributed by atoms with van der Waals surface area (Å²) in [6, 6.07) is 4.89. The minimum Gasteiger partial charge on any atom is -0.384 e. The number of benzene rings is 1. The Balaban J connectivity index is 2.40. The van der Waals surface area contributed by atoms with Gasteiger partial charge < -0.3 is 5.73 Å². The van der Waals surface area contributed by atoms with Gasteiger partial charge in [-0.2, -0.15) is 5.10 Å². The van der Waals surface area contributed by atoms with Crippen LogP contribution in [0.3, 0.4) is 0 Å². The average Bonchev–Trinajstić information content (AvgIpc) is 2.63. The Hall–Kier alpha value is -1.36. The van der Waals surface area contributed by atoms with Gasteiger partial charge in [-0.25, -0.2) is 9.07 Å². The summed E-state index contributed by atoms with van der Waals surface area (Å²) in [5, 5.41) is 4.23. The normalized spacial score (nSPS) is 12.7. The number of hydrogen-bond acceptors (Lipinski definition) is 2. The zero-order valence-electron chi connectivity index (χ0n) is 9.61. The summed E-state index contributed by atoms with van der Waals surface area (Å²) in [5.74, 6) is 0.364. The molecule has 0 saturated heterocycles. The number of nitrogens with two attached hydrogens (primary N) is 1. The van der Waals surface area contributed by atoms with E-state index in [1.165, 1.54) is 6.07 Å². The van der Waals surface area contributed by atoms with Gasteiger partial charge in [-0.3, -0.25) is 0 Å². The van der Waals surface area contributed by atoms with Gasteiger partial charge in [0.1, 0.15) is 11.6 Å². The number of rotatable bonds is 2. The maximum absolute atomic E-state index is 13.2. The number of halogens is 2. The van der Waals surface area contributed by atoms with E-state index in [9.17, 15) is 4.39 Å². The summed E-state index contributed by atoms with van der Waals surface area (Å²) in [6.07, 6.45) is 1.73. The van der Waals surface area contributed by atoms with Gasteiger partial charge in [-0.1, -0.05) is 6.07 Å². The van der Waals surface area contributed by atoms with Gasteiger partial charge in [0.05, 0.1) is 16.7 Å². The molecule has 1 heterocycles. The zero-order valence-corrected chi connectivity index (χ0v) is 11.2. The van der Waals surface area contributed by atoms with E-state index in [2.05, 4.69) is 21.0 Å². The Morgan fingerprint density at radius 1 is 1.47 bits per heavy atom. The van der Waals surface area contributed by atoms with Crippen molar-refractivity contribution in [1.29, 1.82) is 0 Å². The van der Waals surface area contributed by atoms with E-state index in [-0.39, 0.29) is 11.9 Å². The van der Waals surface area contributed by atoms with Gasteiger partial charge in [0.15, 0.2) is 0 Å². The van der Waals surface area contributed by atoms with Gasteiger partial charge in [0.25, 0.3) is 0 Å². The Morgan fingerprint density at radius 3 is 2.71 bits per heavy atom. The van der Waals surface area contributed by atoms with Crippen molar-refractivity contribution in [3.05, 3.63) is 45.8 Å². The smallest absolute Gasteiger partial charge is 0.137 e. The maximum Gasteiger partial charge on any atom is 0.137 e. The van der Waals surface area contributed by atoms with Crippen molar-refractivity contribution in [2.45, 2.75) is 19.9 Å². The van der Waals surface area contributed by atoms with Crippen LogP contribution in [0.5, 0.6) is 0 Å². The first-order valence-electron chi connectivity index (χ1n) is 5.25. The molecule has 5 heteroatoms. The second-order valence-electron chi connectivity index (χ2n) is 4.01.